The minimum atomic E-state index is -4.72. The number of carbonyl (C=O) groups is 1. The first-order valence-electron chi connectivity index (χ1n) is 10.4. The van der Waals surface area contributed by atoms with Gasteiger partial charge in [0.15, 0.2) is 17.8 Å². The summed E-state index contributed by atoms with van der Waals surface area (Å²) in [7, 11) is 0. The summed E-state index contributed by atoms with van der Waals surface area (Å²) in [5.74, 6) is -4.66. The van der Waals surface area contributed by atoms with E-state index < -0.39 is 60.7 Å². The molecule has 3 aliphatic rings. The number of hydrogen-bond donors (Lipinski definition) is 2. The summed E-state index contributed by atoms with van der Waals surface area (Å²) in [5.41, 5.74) is 1.03. The predicted octanol–water partition coefficient (Wildman–Crippen LogP) is 2.13. The number of ether oxygens (including phenoxy) is 4. The monoisotopic (exact) mass is 463 g/mol. The van der Waals surface area contributed by atoms with Crippen molar-refractivity contribution in [2.75, 3.05) is 12.1 Å². The third kappa shape index (κ3) is 4.34. The van der Waals surface area contributed by atoms with E-state index in [9.17, 15) is 22.8 Å². The molecule has 3 fully saturated rings. The zero-order chi connectivity index (χ0) is 23.1. The fraction of sp³-hybridized carbons (Fsp3) is 0.737. The number of esters is 1. The zero-order valence-electron chi connectivity index (χ0n) is 17.2. The Morgan fingerprint density at radius 3 is 2.66 bits per heavy atom. The van der Waals surface area contributed by atoms with Gasteiger partial charge in [0.2, 0.25) is 0 Å². The smallest absolute Gasteiger partial charge is 0.401 e. The molecule has 0 aromatic carbocycles. The molecule has 0 amide bonds. The first-order valence-corrected chi connectivity index (χ1v) is 10.4. The minimum Gasteiger partial charge on any atom is -0.462 e. The summed E-state index contributed by atoms with van der Waals surface area (Å²) < 4.78 is 62.7. The third-order valence-electron chi connectivity index (χ3n) is 6.06. The predicted molar refractivity (Wildman–Crippen MR) is 99.6 cm³/mol. The van der Waals surface area contributed by atoms with E-state index in [1.807, 2.05) is 0 Å². The molecule has 1 spiro atoms. The van der Waals surface area contributed by atoms with Crippen LogP contribution in [0.15, 0.2) is 17.1 Å². The Balaban J connectivity index is 1.55. The normalized spacial score (nSPS) is 30.2. The molecule has 178 valence electrons. The van der Waals surface area contributed by atoms with Crippen LogP contribution in [-0.2, 0) is 23.7 Å². The molecular weight excluding hydrogens is 439 g/mol. The lowest BCUT2D eigenvalue weighted by molar-refractivity contribution is -0.235. The van der Waals surface area contributed by atoms with Crippen LogP contribution in [0.3, 0.4) is 0 Å². The summed E-state index contributed by atoms with van der Waals surface area (Å²) in [6.45, 7) is 0.229. The second-order valence-electron chi connectivity index (χ2n) is 8.21. The maximum atomic E-state index is 12.8. The average Bonchev–Trinajstić information content (AvgIpc) is 3.26. The van der Waals surface area contributed by atoms with Crippen LogP contribution in [0.5, 0.6) is 0 Å². The number of anilines is 1. The molecule has 10 nitrogen and oxygen atoms in total. The maximum absolute atomic E-state index is 12.8. The van der Waals surface area contributed by atoms with E-state index in [1.54, 1.807) is 5.48 Å². The Morgan fingerprint density at radius 2 is 2.03 bits per heavy atom. The molecule has 1 aromatic rings. The van der Waals surface area contributed by atoms with Gasteiger partial charge in [-0.15, -0.1) is 0 Å². The van der Waals surface area contributed by atoms with Crippen molar-refractivity contribution in [2.45, 2.75) is 75.5 Å². The lowest BCUT2D eigenvalue weighted by Crippen LogP contribution is -2.39. The van der Waals surface area contributed by atoms with Gasteiger partial charge >= 0.3 is 17.8 Å². The van der Waals surface area contributed by atoms with Crippen LogP contribution in [-0.4, -0.2) is 57.6 Å². The van der Waals surface area contributed by atoms with Crippen molar-refractivity contribution in [1.82, 2.24) is 9.55 Å². The van der Waals surface area contributed by atoms with Crippen molar-refractivity contribution in [2.24, 2.45) is 5.92 Å². The molecule has 1 aliphatic carbocycles. The van der Waals surface area contributed by atoms with Gasteiger partial charge in [0.25, 0.3) is 0 Å². The lowest BCUT2D eigenvalue weighted by Gasteiger charge is -2.34. The highest BCUT2D eigenvalue weighted by Crippen LogP contribution is 2.48. The Bertz CT molecular complexity index is 903. The molecule has 3 heterocycles. The Hall–Kier alpha value is -2.22. The first-order chi connectivity index (χ1) is 15.1. The van der Waals surface area contributed by atoms with Crippen LogP contribution in [0.4, 0.5) is 19.0 Å². The van der Waals surface area contributed by atoms with Gasteiger partial charge in [-0.2, -0.15) is 18.2 Å². The highest BCUT2D eigenvalue weighted by atomic mass is 19.4. The summed E-state index contributed by atoms with van der Waals surface area (Å²) >= 11 is 0. The molecule has 13 heteroatoms. The van der Waals surface area contributed by atoms with E-state index in [1.165, 1.54) is 12.3 Å². The number of halogens is 3. The molecule has 1 saturated carbocycles. The highest BCUT2D eigenvalue weighted by Gasteiger charge is 2.59. The van der Waals surface area contributed by atoms with Gasteiger partial charge in [0.1, 0.15) is 30.8 Å². The number of fused-ring (bicyclic) bond motifs is 1. The molecule has 32 heavy (non-hydrogen) atoms. The van der Waals surface area contributed by atoms with Gasteiger partial charge in [-0.1, -0.05) is 6.42 Å². The Labute approximate surface area is 180 Å². The largest absolute Gasteiger partial charge is 0.462 e. The summed E-state index contributed by atoms with van der Waals surface area (Å²) in [4.78, 5) is 27.9. The van der Waals surface area contributed by atoms with Crippen molar-refractivity contribution < 1.29 is 42.1 Å². The van der Waals surface area contributed by atoms with Crippen molar-refractivity contribution in [3.63, 3.8) is 0 Å². The molecule has 1 aromatic heterocycles. The van der Waals surface area contributed by atoms with Crippen LogP contribution >= 0.6 is 0 Å². The second-order valence-corrected chi connectivity index (χ2v) is 8.21. The number of hydrogen-bond acceptors (Lipinski definition) is 9. The van der Waals surface area contributed by atoms with E-state index in [2.05, 4.69) is 4.98 Å². The van der Waals surface area contributed by atoms with Crippen molar-refractivity contribution in [1.29, 1.82) is 0 Å². The average molecular weight is 463 g/mol. The second kappa shape index (κ2) is 8.61. The van der Waals surface area contributed by atoms with E-state index in [0.29, 0.717) is 12.8 Å². The highest BCUT2D eigenvalue weighted by molar-refractivity contribution is 5.72. The van der Waals surface area contributed by atoms with Gasteiger partial charge in [0.05, 0.1) is 0 Å². The van der Waals surface area contributed by atoms with Gasteiger partial charge in [-0.05, 0) is 25.8 Å². The van der Waals surface area contributed by atoms with Crippen LogP contribution in [0.1, 0.15) is 45.3 Å². The molecule has 1 unspecified atom stereocenters. The minimum absolute atomic E-state index is 0.0697. The maximum Gasteiger partial charge on any atom is 0.401 e. The quantitative estimate of drug-likeness (QED) is 0.500. The summed E-state index contributed by atoms with van der Waals surface area (Å²) in [6.07, 6.45) is -2.80. The van der Waals surface area contributed by atoms with Crippen LogP contribution < -0.4 is 11.2 Å². The van der Waals surface area contributed by atoms with E-state index >= 15 is 0 Å². The Morgan fingerprint density at radius 1 is 1.34 bits per heavy atom. The molecule has 2 saturated heterocycles. The van der Waals surface area contributed by atoms with E-state index in [4.69, 9.17) is 24.2 Å². The fourth-order valence-corrected chi connectivity index (χ4v) is 4.28. The topological polar surface area (TPSA) is 121 Å². The fourth-order valence-electron chi connectivity index (χ4n) is 4.28. The van der Waals surface area contributed by atoms with Crippen molar-refractivity contribution in [3.8, 4) is 0 Å². The van der Waals surface area contributed by atoms with Gasteiger partial charge in [0, 0.05) is 19.0 Å². The lowest BCUT2D eigenvalue weighted by atomic mass is 9.94. The third-order valence-corrected chi connectivity index (χ3v) is 6.06. The zero-order valence-corrected chi connectivity index (χ0v) is 17.2. The standard InChI is InChI=1S/C19H24F3N3O7/c1-10(19(20,21)22)16(26)29-9-11-13-14(32-18(31-13)6-3-2-4-7-18)15(30-11)25-8-5-12(24-28)23-17(25)27/h5,8,10-11,13-15,28H,2-4,6-7,9H2,1H3,(H,23,24,27)/t10?,11-,13-,14-,15-/m1/s1. The first kappa shape index (κ1) is 23.0. The van der Waals surface area contributed by atoms with Gasteiger partial charge in [-0.25, -0.2) is 4.79 Å². The van der Waals surface area contributed by atoms with Crippen LogP contribution in [0.25, 0.3) is 0 Å². The Kier molecular flexibility index (Phi) is 6.18. The number of carbonyl (C=O) groups excluding carboxylic acids is 1. The molecule has 0 radical (unpaired) electrons. The van der Waals surface area contributed by atoms with Crippen molar-refractivity contribution >= 4 is 11.8 Å². The molecule has 2 aliphatic heterocycles. The van der Waals surface area contributed by atoms with Crippen LogP contribution in [0, 0.1) is 5.92 Å². The number of nitrogens with one attached hydrogen (secondary N) is 1. The van der Waals surface area contributed by atoms with E-state index in [-0.39, 0.29) is 5.82 Å². The van der Waals surface area contributed by atoms with Crippen LogP contribution in [0.2, 0.25) is 0 Å². The molecule has 5 atom stereocenters. The summed E-state index contributed by atoms with van der Waals surface area (Å²) in [6, 6.07) is 1.34. The summed E-state index contributed by atoms with van der Waals surface area (Å²) in [5, 5.41) is 8.94. The molecular formula is C19H24F3N3O7. The SMILES string of the molecule is CC(C(=O)OC[C@H]1O[C@@H](n2ccc(NO)nc2=O)[C@@H]2OC3(CCCCC3)O[C@@H]21)C(F)(F)F. The number of rotatable bonds is 5. The number of aromatic nitrogens is 2. The molecule has 2 N–H and O–H groups in total. The van der Waals surface area contributed by atoms with Gasteiger partial charge in [-0.3, -0.25) is 20.0 Å². The number of nitrogens with zero attached hydrogens (tertiary/aromatic N) is 2. The number of alkyl halides is 3. The van der Waals surface area contributed by atoms with E-state index in [0.717, 1.165) is 30.8 Å². The molecule has 0 bridgehead atoms. The van der Waals surface area contributed by atoms with Gasteiger partial charge < -0.3 is 18.9 Å². The molecule has 4 rings (SSSR count). The van der Waals surface area contributed by atoms with Crippen molar-refractivity contribution in [3.05, 3.63) is 22.7 Å².